The van der Waals surface area contributed by atoms with Crippen LogP contribution in [0.2, 0.25) is 0 Å². The summed E-state index contributed by atoms with van der Waals surface area (Å²) >= 11 is 0. The fourth-order valence-electron chi connectivity index (χ4n) is 4.68. The Morgan fingerprint density at radius 1 is 1.10 bits per heavy atom. The zero-order chi connectivity index (χ0) is 21.5. The fraction of sp³-hybridized carbons (Fsp3) is 0.346. The highest BCUT2D eigenvalue weighted by Gasteiger charge is 2.42. The van der Waals surface area contributed by atoms with Crippen LogP contribution < -0.4 is 5.32 Å². The first-order chi connectivity index (χ1) is 15.2. The monoisotopic (exact) mass is 414 g/mol. The van der Waals surface area contributed by atoms with E-state index in [9.17, 15) is 4.79 Å². The van der Waals surface area contributed by atoms with E-state index in [4.69, 9.17) is 0 Å². The van der Waals surface area contributed by atoms with E-state index in [0.717, 1.165) is 49.3 Å². The average Bonchev–Trinajstić information content (AvgIpc) is 2.81. The van der Waals surface area contributed by atoms with Crippen molar-refractivity contribution >= 4 is 5.91 Å². The summed E-state index contributed by atoms with van der Waals surface area (Å²) < 4.78 is 0. The lowest BCUT2D eigenvalue weighted by Crippen LogP contribution is -2.53. The van der Waals surface area contributed by atoms with Gasteiger partial charge in [-0.15, -0.1) is 0 Å². The molecule has 5 nitrogen and oxygen atoms in total. The minimum absolute atomic E-state index is 0.154. The number of nitrogens with one attached hydrogen (secondary N) is 1. The zero-order valence-corrected chi connectivity index (χ0v) is 18.1. The van der Waals surface area contributed by atoms with Crippen LogP contribution in [-0.4, -0.2) is 40.4 Å². The fourth-order valence-corrected chi connectivity index (χ4v) is 4.68. The van der Waals surface area contributed by atoms with Crippen LogP contribution in [-0.2, 0) is 17.8 Å². The Labute approximate surface area is 184 Å². The summed E-state index contributed by atoms with van der Waals surface area (Å²) in [6.07, 6.45) is 8.12. The van der Waals surface area contributed by atoms with Crippen LogP contribution in [0.25, 0.3) is 11.1 Å². The third-order valence-electron chi connectivity index (χ3n) is 6.11. The van der Waals surface area contributed by atoms with Crippen LogP contribution in [0.3, 0.4) is 0 Å². The SMILES string of the molecule is CCNC(=O)[C@@]1(Cc2ccccc2-c2cccnc2)CCCN(Cc2ccccn2)C1. The minimum Gasteiger partial charge on any atom is -0.356 e. The second kappa shape index (κ2) is 9.84. The molecule has 3 heterocycles. The Kier molecular flexibility index (Phi) is 6.73. The number of likely N-dealkylation sites (tertiary alicyclic amines) is 1. The quantitative estimate of drug-likeness (QED) is 0.632. The maximum absolute atomic E-state index is 13.4. The lowest BCUT2D eigenvalue weighted by molar-refractivity contribution is -0.134. The summed E-state index contributed by atoms with van der Waals surface area (Å²) in [4.78, 5) is 24.6. The molecule has 1 amide bonds. The van der Waals surface area contributed by atoms with Gasteiger partial charge in [-0.2, -0.15) is 0 Å². The van der Waals surface area contributed by atoms with E-state index in [0.29, 0.717) is 13.0 Å². The van der Waals surface area contributed by atoms with Crippen LogP contribution >= 0.6 is 0 Å². The van der Waals surface area contributed by atoms with E-state index in [-0.39, 0.29) is 5.91 Å². The molecule has 0 radical (unpaired) electrons. The first-order valence-corrected chi connectivity index (χ1v) is 11.1. The number of carbonyl (C=O) groups excluding carboxylic acids is 1. The Hall–Kier alpha value is -3.05. The molecule has 2 aromatic heterocycles. The minimum atomic E-state index is -0.457. The summed E-state index contributed by atoms with van der Waals surface area (Å²) in [7, 11) is 0. The van der Waals surface area contributed by atoms with Gasteiger partial charge >= 0.3 is 0 Å². The predicted molar refractivity (Wildman–Crippen MR) is 123 cm³/mol. The molecule has 1 saturated heterocycles. The molecular weight excluding hydrogens is 384 g/mol. The Balaban J connectivity index is 1.64. The van der Waals surface area contributed by atoms with Crippen LogP contribution in [0.15, 0.2) is 73.2 Å². The Morgan fingerprint density at radius 2 is 1.97 bits per heavy atom. The number of rotatable bonds is 7. The average molecular weight is 415 g/mol. The van der Waals surface area contributed by atoms with Crippen molar-refractivity contribution in [3.8, 4) is 11.1 Å². The molecule has 1 atom stereocenters. The largest absolute Gasteiger partial charge is 0.356 e. The molecule has 1 N–H and O–H groups in total. The van der Waals surface area contributed by atoms with Crippen LogP contribution in [0.1, 0.15) is 31.0 Å². The molecule has 1 fully saturated rings. The molecule has 0 spiro atoms. The Bertz CT molecular complexity index is 993. The number of aromatic nitrogens is 2. The smallest absolute Gasteiger partial charge is 0.227 e. The number of hydrogen-bond donors (Lipinski definition) is 1. The summed E-state index contributed by atoms with van der Waals surface area (Å²) in [6.45, 7) is 5.12. The summed E-state index contributed by atoms with van der Waals surface area (Å²) in [6, 6.07) is 18.5. The lowest BCUT2D eigenvalue weighted by atomic mass is 9.73. The summed E-state index contributed by atoms with van der Waals surface area (Å²) in [5, 5.41) is 3.13. The van der Waals surface area contributed by atoms with Crippen molar-refractivity contribution in [1.29, 1.82) is 0 Å². The number of piperidine rings is 1. The molecule has 160 valence electrons. The normalized spacial score (nSPS) is 19.1. The molecule has 0 aliphatic carbocycles. The zero-order valence-electron chi connectivity index (χ0n) is 18.1. The standard InChI is InChI=1S/C26H30N4O/c1-2-28-25(31)26(13-8-16-30(20-26)19-23-11-5-6-15-29-23)17-21-9-3-4-12-24(21)22-10-7-14-27-18-22/h3-7,9-12,14-15,18H,2,8,13,16-17,19-20H2,1H3,(H,28,31)/t26-/m1/s1. The van der Waals surface area contributed by atoms with Crippen molar-refractivity contribution in [2.45, 2.75) is 32.7 Å². The van der Waals surface area contributed by atoms with Gasteiger partial charge in [0.15, 0.2) is 0 Å². The number of amides is 1. The number of benzene rings is 1. The third kappa shape index (κ3) is 5.00. The topological polar surface area (TPSA) is 58.1 Å². The highest BCUT2D eigenvalue weighted by atomic mass is 16.2. The van der Waals surface area contributed by atoms with Gasteiger partial charge in [-0.1, -0.05) is 36.4 Å². The van der Waals surface area contributed by atoms with Gasteiger partial charge in [0, 0.05) is 43.8 Å². The van der Waals surface area contributed by atoms with E-state index in [2.05, 4.69) is 56.6 Å². The maximum Gasteiger partial charge on any atom is 0.227 e. The second-order valence-corrected chi connectivity index (χ2v) is 8.35. The van der Waals surface area contributed by atoms with Crippen molar-refractivity contribution in [2.75, 3.05) is 19.6 Å². The summed E-state index contributed by atoms with van der Waals surface area (Å²) in [5.41, 5.74) is 4.03. The molecule has 0 bridgehead atoms. The van der Waals surface area contributed by atoms with E-state index in [1.807, 2.05) is 37.5 Å². The molecular formula is C26H30N4O. The molecule has 0 saturated carbocycles. The highest BCUT2D eigenvalue weighted by Crippen LogP contribution is 2.37. The van der Waals surface area contributed by atoms with Gasteiger partial charge < -0.3 is 5.32 Å². The van der Waals surface area contributed by atoms with E-state index in [1.165, 1.54) is 5.56 Å². The molecule has 1 aliphatic heterocycles. The second-order valence-electron chi connectivity index (χ2n) is 8.35. The Morgan fingerprint density at radius 3 is 2.74 bits per heavy atom. The first-order valence-electron chi connectivity index (χ1n) is 11.1. The molecule has 1 aromatic carbocycles. The van der Waals surface area contributed by atoms with Gasteiger partial charge in [-0.3, -0.25) is 19.7 Å². The molecule has 5 heteroatoms. The first kappa shape index (κ1) is 21.2. The van der Waals surface area contributed by atoms with Gasteiger partial charge in [0.1, 0.15) is 0 Å². The number of hydrogen-bond acceptors (Lipinski definition) is 4. The number of pyridine rings is 2. The van der Waals surface area contributed by atoms with Crippen molar-refractivity contribution in [1.82, 2.24) is 20.2 Å². The molecule has 31 heavy (non-hydrogen) atoms. The summed E-state index contributed by atoms with van der Waals surface area (Å²) in [5.74, 6) is 0.154. The van der Waals surface area contributed by atoms with Gasteiger partial charge in [0.05, 0.1) is 11.1 Å². The highest BCUT2D eigenvalue weighted by molar-refractivity contribution is 5.84. The van der Waals surface area contributed by atoms with Gasteiger partial charge in [-0.05, 0) is 62.1 Å². The van der Waals surface area contributed by atoms with Crippen molar-refractivity contribution in [3.63, 3.8) is 0 Å². The van der Waals surface area contributed by atoms with Gasteiger partial charge in [0.25, 0.3) is 0 Å². The molecule has 3 aromatic rings. The van der Waals surface area contributed by atoms with Crippen molar-refractivity contribution in [2.24, 2.45) is 5.41 Å². The van der Waals surface area contributed by atoms with Gasteiger partial charge in [-0.25, -0.2) is 0 Å². The van der Waals surface area contributed by atoms with Crippen LogP contribution in [0.5, 0.6) is 0 Å². The van der Waals surface area contributed by atoms with E-state index < -0.39 is 5.41 Å². The predicted octanol–water partition coefficient (Wildman–Crippen LogP) is 4.10. The molecule has 0 unspecified atom stereocenters. The lowest BCUT2D eigenvalue weighted by Gasteiger charge is -2.42. The maximum atomic E-state index is 13.4. The number of carbonyl (C=O) groups is 1. The van der Waals surface area contributed by atoms with Crippen LogP contribution in [0.4, 0.5) is 0 Å². The third-order valence-corrected chi connectivity index (χ3v) is 6.11. The molecule has 4 rings (SSSR count). The van der Waals surface area contributed by atoms with Crippen molar-refractivity contribution < 1.29 is 4.79 Å². The molecule has 1 aliphatic rings. The van der Waals surface area contributed by atoms with Crippen molar-refractivity contribution in [3.05, 3.63) is 84.4 Å². The van der Waals surface area contributed by atoms with Crippen LogP contribution in [0, 0.1) is 5.41 Å². The van der Waals surface area contributed by atoms with E-state index in [1.54, 1.807) is 6.20 Å². The number of nitrogens with zero attached hydrogens (tertiary/aromatic N) is 3. The van der Waals surface area contributed by atoms with Gasteiger partial charge in [0.2, 0.25) is 5.91 Å². The van der Waals surface area contributed by atoms with E-state index >= 15 is 0 Å².